The number of rotatable bonds is 3. The number of alkyl halides is 1. The van der Waals surface area contributed by atoms with Crippen molar-refractivity contribution in [2.24, 2.45) is 5.92 Å². The molecule has 0 aromatic heterocycles. The second-order valence-corrected chi connectivity index (χ2v) is 5.95. The highest BCUT2D eigenvalue weighted by molar-refractivity contribution is 6.21. The molecule has 3 unspecified atom stereocenters. The summed E-state index contributed by atoms with van der Waals surface area (Å²) in [5, 5.41) is 0.0815. The summed E-state index contributed by atoms with van der Waals surface area (Å²) in [6.07, 6.45) is 2.46. The third kappa shape index (κ3) is 2.57. The van der Waals surface area contributed by atoms with Crippen molar-refractivity contribution in [3.05, 3.63) is 34.4 Å². The van der Waals surface area contributed by atoms with Crippen LogP contribution in [0.4, 0.5) is 0 Å². The maximum absolute atomic E-state index is 6.77. The minimum Gasteiger partial charge on any atom is -0.378 e. The first-order valence-corrected chi connectivity index (χ1v) is 7.31. The van der Waals surface area contributed by atoms with Crippen LogP contribution < -0.4 is 0 Å². The fourth-order valence-electron chi connectivity index (χ4n) is 3.26. The first-order chi connectivity index (χ1) is 8.54. The van der Waals surface area contributed by atoms with E-state index in [4.69, 9.17) is 16.3 Å². The molecule has 18 heavy (non-hydrogen) atoms. The van der Waals surface area contributed by atoms with Crippen LogP contribution in [-0.4, -0.2) is 12.7 Å². The lowest BCUT2D eigenvalue weighted by atomic mass is 9.86. The van der Waals surface area contributed by atoms with Gasteiger partial charge >= 0.3 is 0 Å². The van der Waals surface area contributed by atoms with Crippen LogP contribution in [0.5, 0.6) is 0 Å². The number of benzene rings is 1. The Bertz CT molecular complexity index is 404. The van der Waals surface area contributed by atoms with E-state index in [0.717, 1.165) is 19.4 Å². The van der Waals surface area contributed by atoms with Gasteiger partial charge in [-0.1, -0.05) is 24.6 Å². The van der Waals surface area contributed by atoms with Crippen molar-refractivity contribution in [2.45, 2.75) is 52.0 Å². The Hall–Kier alpha value is -0.530. The molecule has 2 rings (SSSR count). The van der Waals surface area contributed by atoms with Gasteiger partial charge in [0.2, 0.25) is 0 Å². The minimum absolute atomic E-state index is 0.0815. The van der Waals surface area contributed by atoms with Gasteiger partial charge < -0.3 is 4.74 Å². The largest absolute Gasteiger partial charge is 0.378 e. The molecule has 0 N–H and O–H groups in total. The standard InChI is InChI=1S/C16H23ClO/c1-5-14-13(6-7-18-14)16(17)15-11(3)8-10(2)9-12(15)4/h8-9,13-14,16H,5-7H2,1-4H3. The molecule has 1 fully saturated rings. The lowest BCUT2D eigenvalue weighted by Gasteiger charge is -2.25. The van der Waals surface area contributed by atoms with Crippen molar-refractivity contribution >= 4 is 11.6 Å². The van der Waals surface area contributed by atoms with Gasteiger partial charge in [-0.25, -0.2) is 0 Å². The topological polar surface area (TPSA) is 9.23 Å². The average molecular weight is 267 g/mol. The highest BCUT2D eigenvalue weighted by Gasteiger charge is 2.34. The van der Waals surface area contributed by atoms with E-state index >= 15 is 0 Å². The first-order valence-electron chi connectivity index (χ1n) is 6.88. The highest BCUT2D eigenvalue weighted by atomic mass is 35.5. The van der Waals surface area contributed by atoms with Crippen molar-refractivity contribution in [3.8, 4) is 0 Å². The van der Waals surface area contributed by atoms with Crippen molar-refractivity contribution < 1.29 is 4.74 Å². The Labute approximate surface area is 115 Å². The van der Waals surface area contributed by atoms with Gasteiger partial charge in [0.25, 0.3) is 0 Å². The van der Waals surface area contributed by atoms with Crippen molar-refractivity contribution in [3.63, 3.8) is 0 Å². The average Bonchev–Trinajstić information content (AvgIpc) is 2.75. The molecule has 1 aromatic carbocycles. The van der Waals surface area contributed by atoms with Gasteiger partial charge in [0, 0.05) is 12.5 Å². The third-order valence-electron chi connectivity index (χ3n) is 4.05. The van der Waals surface area contributed by atoms with E-state index in [1.165, 1.54) is 22.3 Å². The van der Waals surface area contributed by atoms with E-state index in [9.17, 15) is 0 Å². The second kappa shape index (κ2) is 5.63. The summed E-state index contributed by atoms with van der Waals surface area (Å²) in [7, 11) is 0. The van der Waals surface area contributed by atoms with E-state index in [1.54, 1.807) is 0 Å². The predicted molar refractivity (Wildman–Crippen MR) is 77.4 cm³/mol. The smallest absolute Gasteiger partial charge is 0.0644 e. The van der Waals surface area contributed by atoms with Crippen LogP contribution in [-0.2, 0) is 4.74 Å². The summed E-state index contributed by atoms with van der Waals surface area (Å²) in [5.41, 5.74) is 5.26. The lowest BCUT2D eigenvalue weighted by molar-refractivity contribution is 0.0864. The maximum Gasteiger partial charge on any atom is 0.0644 e. The highest BCUT2D eigenvalue weighted by Crippen LogP contribution is 2.41. The lowest BCUT2D eigenvalue weighted by Crippen LogP contribution is -2.20. The molecule has 0 amide bonds. The summed E-state index contributed by atoms with van der Waals surface area (Å²) in [4.78, 5) is 0. The van der Waals surface area contributed by atoms with Gasteiger partial charge in [0.05, 0.1) is 11.5 Å². The number of aryl methyl sites for hydroxylation is 3. The van der Waals surface area contributed by atoms with Crippen LogP contribution in [0.2, 0.25) is 0 Å². The summed E-state index contributed by atoms with van der Waals surface area (Å²) in [6.45, 7) is 9.52. The molecule has 0 saturated carbocycles. The van der Waals surface area contributed by atoms with E-state index < -0.39 is 0 Å². The van der Waals surface area contributed by atoms with Gasteiger partial charge in [0.1, 0.15) is 0 Å². The molecule has 1 aliphatic rings. The normalized spacial score (nSPS) is 25.4. The van der Waals surface area contributed by atoms with Crippen LogP contribution in [0.15, 0.2) is 12.1 Å². The first kappa shape index (κ1) is 13.9. The van der Waals surface area contributed by atoms with E-state index in [2.05, 4.69) is 39.8 Å². The summed E-state index contributed by atoms with van der Waals surface area (Å²) in [5.74, 6) is 0.455. The van der Waals surface area contributed by atoms with Gasteiger partial charge in [0.15, 0.2) is 0 Å². The van der Waals surface area contributed by atoms with Crippen molar-refractivity contribution in [1.82, 2.24) is 0 Å². The Balaban J connectivity index is 2.31. The van der Waals surface area contributed by atoms with E-state index in [1.807, 2.05) is 0 Å². The Morgan fingerprint density at radius 1 is 1.28 bits per heavy atom. The summed E-state index contributed by atoms with van der Waals surface area (Å²) >= 11 is 6.77. The maximum atomic E-state index is 6.77. The van der Waals surface area contributed by atoms with E-state index in [0.29, 0.717) is 12.0 Å². The summed E-state index contributed by atoms with van der Waals surface area (Å²) < 4.78 is 5.78. The fraction of sp³-hybridized carbons (Fsp3) is 0.625. The van der Waals surface area contributed by atoms with Crippen LogP contribution in [0.25, 0.3) is 0 Å². The molecule has 0 radical (unpaired) electrons. The Morgan fingerprint density at radius 3 is 2.44 bits per heavy atom. The Morgan fingerprint density at radius 2 is 1.89 bits per heavy atom. The van der Waals surface area contributed by atoms with Gasteiger partial charge in [-0.2, -0.15) is 0 Å². The molecule has 1 aromatic rings. The molecule has 100 valence electrons. The molecule has 0 spiro atoms. The zero-order chi connectivity index (χ0) is 13.3. The summed E-state index contributed by atoms with van der Waals surface area (Å²) in [6, 6.07) is 4.46. The molecule has 1 heterocycles. The van der Waals surface area contributed by atoms with Crippen LogP contribution in [0.1, 0.15) is 47.4 Å². The number of halogens is 1. The molecule has 3 atom stereocenters. The van der Waals surface area contributed by atoms with Crippen LogP contribution in [0.3, 0.4) is 0 Å². The number of hydrogen-bond donors (Lipinski definition) is 0. The fourth-order valence-corrected chi connectivity index (χ4v) is 3.89. The van der Waals surface area contributed by atoms with Crippen molar-refractivity contribution in [2.75, 3.05) is 6.61 Å². The molecule has 1 aliphatic heterocycles. The van der Waals surface area contributed by atoms with Gasteiger partial charge in [-0.05, 0) is 50.3 Å². The van der Waals surface area contributed by atoms with E-state index in [-0.39, 0.29) is 5.38 Å². The molecule has 0 aliphatic carbocycles. The van der Waals surface area contributed by atoms with Crippen LogP contribution in [0, 0.1) is 26.7 Å². The zero-order valence-corrected chi connectivity index (χ0v) is 12.6. The molecule has 1 saturated heterocycles. The molecule has 0 bridgehead atoms. The van der Waals surface area contributed by atoms with Crippen LogP contribution >= 0.6 is 11.6 Å². The Kier molecular flexibility index (Phi) is 4.34. The molecular formula is C16H23ClO. The number of hydrogen-bond acceptors (Lipinski definition) is 1. The molecular weight excluding hydrogens is 244 g/mol. The number of ether oxygens (including phenoxy) is 1. The quantitative estimate of drug-likeness (QED) is 0.720. The minimum atomic E-state index is 0.0815. The predicted octanol–water partition coefficient (Wildman–Crippen LogP) is 4.71. The zero-order valence-electron chi connectivity index (χ0n) is 11.8. The SMILES string of the molecule is CCC1OCCC1C(Cl)c1c(C)cc(C)cc1C. The molecule has 2 heteroatoms. The second-order valence-electron chi connectivity index (χ2n) is 5.48. The molecule has 1 nitrogen and oxygen atoms in total. The monoisotopic (exact) mass is 266 g/mol. The van der Waals surface area contributed by atoms with Gasteiger partial charge in [-0.15, -0.1) is 11.6 Å². The van der Waals surface area contributed by atoms with Crippen molar-refractivity contribution in [1.29, 1.82) is 0 Å². The van der Waals surface area contributed by atoms with Gasteiger partial charge in [-0.3, -0.25) is 0 Å². The third-order valence-corrected chi connectivity index (χ3v) is 4.59.